The van der Waals surface area contributed by atoms with Crippen LogP contribution >= 0.6 is 24.0 Å². The summed E-state index contributed by atoms with van der Waals surface area (Å²) < 4.78 is 5.89. The van der Waals surface area contributed by atoms with Crippen molar-refractivity contribution in [2.45, 2.75) is 6.54 Å². The number of thiocarbonyl (C=S) groups is 1. The van der Waals surface area contributed by atoms with Gasteiger partial charge in [0.15, 0.2) is 0 Å². The summed E-state index contributed by atoms with van der Waals surface area (Å²) in [6, 6.07) is 11.1. The first-order valence-corrected chi connectivity index (χ1v) is 8.70. The minimum atomic E-state index is -0.0912. The van der Waals surface area contributed by atoms with E-state index in [1.807, 2.05) is 42.5 Å². The molecule has 0 atom stereocenters. The highest BCUT2D eigenvalue weighted by Crippen LogP contribution is 2.33. The number of rotatable bonds is 5. The van der Waals surface area contributed by atoms with Gasteiger partial charge in [0.25, 0.3) is 5.91 Å². The fraction of sp³-hybridized carbons (Fsp3) is 0.105. The van der Waals surface area contributed by atoms with E-state index < -0.39 is 0 Å². The maximum absolute atomic E-state index is 12.6. The number of nitrogens with zero attached hydrogens (tertiary/aromatic N) is 2. The van der Waals surface area contributed by atoms with Crippen molar-refractivity contribution in [3.8, 4) is 18.1 Å². The second-order valence-corrected chi connectivity index (χ2v) is 6.87. The van der Waals surface area contributed by atoms with E-state index in [4.69, 9.17) is 23.4 Å². The fourth-order valence-corrected chi connectivity index (χ4v) is 3.50. The molecule has 0 aliphatic carbocycles. The molecule has 0 unspecified atom stereocenters. The van der Waals surface area contributed by atoms with Crippen LogP contribution in [0.4, 0.5) is 0 Å². The van der Waals surface area contributed by atoms with Crippen molar-refractivity contribution in [2.24, 2.45) is 0 Å². The molecule has 1 saturated heterocycles. The van der Waals surface area contributed by atoms with Gasteiger partial charge in [0.05, 0.1) is 11.4 Å². The molecule has 3 rings (SSSR count). The Bertz CT molecular complexity index is 855. The molecule has 0 radical (unpaired) electrons. The summed E-state index contributed by atoms with van der Waals surface area (Å²) in [5.74, 6) is 3.02. The zero-order valence-electron chi connectivity index (χ0n) is 13.2. The van der Waals surface area contributed by atoms with Crippen molar-refractivity contribution in [3.05, 3.63) is 64.8 Å². The Hall–Kier alpha value is -2.62. The maximum Gasteiger partial charge on any atom is 0.266 e. The van der Waals surface area contributed by atoms with Gasteiger partial charge in [-0.25, -0.2) is 0 Å². The molecule has 1 aliphatic heterocycles. The third kappa shape index (κ3) is 4.27. The first kappa shape index (κ1) is 17.2. The van der Waals surface area contributed by atoms with E-state index in [2.05, 4.69) is 10.9 Å². The molecule has 1 aliphatic rings. The lowest BCUT2D eigenvalue weighted by Gasteiger charge is -2.13. The number of pyridine rings is 1. The van der Waals surface area contributed by atoms with Gasteiger partial charge in [-0.3, -0.25) is 14.7 Å². The smallest absolute Gasteiger partial charge is 0.266 e. The van der Waals surface area contributed by atoms with Crippen LogP contribution in [0.15, 0.2) is 53.7 Å². The van der Waals surface area contributed by atoms with E-state index in [9.17, 15) is 4.79 Å². The molecule has 2 heterocycles. The Morgan fingerprint density at radius 1 is 1.32 bits per heavy atom. The minimum absolute atomic E-state index is 0.0912. The zero-order valence-corrected chi connectivity index (χ0v) is 14.8. The highest BCUT2D eigenvalue weighted by Gasteiger charge is 2.31. The second-order valence-electron chi connectivity index (χ2n) is 5.19. The third-order valence-corrected chi connectivity index (χ3v) is 4.81. The standard InChI is InChI=1S/C19H14N2O2S2/c1-2-10-23-16-7-5-14(6-8-16)11-17-18(22)21(19(24)25-17)13-15-4-3-9-20-12-15/h1,3-9,11-12H,10,13H2/b17-11+. The Kier molecular flexibility index (Phi) is 5.49. The van der Waals surface area contributed by atoms with Crippen molar-refractivity contribution < 1.29 is 9.53 Å². The highest BCUT2D eigenvalue weighted by atomic mass is 32.2. The van der Waals surface area contributed by atoms with E-state index in [0.29, 0.717) is 21.5 Å². The van der Waals surface area contributed by atoms with Crippen LogP contribution in [0.5, 0.6) is 5.75 Å². The van der Waals surface area contributed by atoms with Crippen molar-refractivity contribution in [1.82, 2.24) is 9.88 Å². The van der Waals surface area contributed by atoms with Crippen LogP contribution in [0.3, 0.4) is 0 Å². The normalized spacial score (nSPS) is 15.5. The van der Waals surface area contributed by atoms with Gasteiger partial charge >= 0.3 is 0 Å². The molecule has 0 saturated carbocycles. The summed E-state index contributed by atoms with van der Waals surface area (Å²) in [4.78, 5) is 18.9. The van der Waals surface area contributed by atoms with Crippen LogP contribution in [-0.4, -0.2) is 26.7 Å². The van der Waals surface area contributed by atoms with Crippen LogP contribution in [-0.2, 0) is 11.3 Å². The Balaban J connectivity index is 1.73. The van der Waals surface area contributed by atoms with E-state index in [1.165, 1.54) is 11.8 Å². The Morgan fingerprint density at radius 2 is 2.12 bits per heavy atom. The molecule has 4 nitrogen and oxygen atoms in total. The van der Waals surface area contributed by atoms with Crippen LogP contribution in [0, 0.1) is 12.3 Å². The summed E-state index contributed by atoms with van der Waals surface area (Å²) in [5.41, 5.74) is 1.84. The average Bonchev–Trinajstić information content (AvgIpc) is 2.89. The first-order valence-electron chi connectivity index (χ1n) is 7.48. The van der Waals surface area contributed by atoms with Gasteiger partial charge in [-0.2, -0.15) is 0 Å². The van der Waals surface area contributed by atoms with Gasteiger partial charge in [-0.05, 0) is 35.4 Å². The van der Waals surface area contributed by atoms with E-state index in [-0.39, 0.29) is 12.5 Å². The number of hydrogen-bond acceptors (Lipinski definition) is 5. The van der Waals surface area contributed by atoms with Crippen LogP contribution < -0.4 is 4.74 Å². The maximum atomic E-state index is 12.6. The second kappa shape index (κ2) is 7.97. The Labute approximate surface area is 155 Å². The van der Waals surface area contributed by atoms with Gasteiger partial charge in [0, 0.05) is 12.4 Å². The number of hydrogen-bond donors (Lipinski definition) is 0. The SMILES string of the molecule is C#CCOc1ccc(/C=C2/SC(=S)N(Cc3cccnc3)C2=O)cc1. The molecule has 1 aromatic carbocycles. The van der Waals surface area contributed by atoms with Crippen LogP contribution in [0.2, 0.25) is 0 Å². The highest BCUT2D eigenvalue weighted by molar-refractivity contribution is 8.26. The van der Waals surface area contributed by atoms with Gasteiger partial charge < -0.3 is 4.74 Å². The van der Waals surface area contributed by atoms with E-state index in [1.54, 1.807) is 17.3 Å². The molecular weight excluding hydrogens is 352 g/mol. The number of terminal acetylenes is 1. The molecule has 2 aromatic rings. The molecule has 0 spiro atoms. The predicted molar refractivity (Wildman–Crippen MR) is 104 cm³/mol. The molecule has 0 bridgehead atoms. The number of carbonyl (C=O) groups is 1. The fourth-order valence-electron chi connectivity index (χ4n) is 2.25. The number of benzene rings is 1. The summed E-state index contributed by atoms with van der Waals surface area (Å²) >= 11 is 6.65. The monoisotopic (exact) mass is 366 g/mol. The van der Waals surface area contributed by atoms with Crippen LogP contribution in [0.1, 0.15) is 11.1 Å². The lowest BCUT2D eigenvalue weighted by Crippen LogP contribution is -2.27. The summed E-state index contributed by atoms with van der Waals surface area (Å²) in [5, 5.41) is 0. The van der Waals surface area contributed by atoms with Crippen molar-refractivity contribution >= 4 is 40.3 Å². The number of amides is 1. The molecule has 124 valence electrons. The number of carbonyl (C=O) groups excluding carboxylic acids is 1. The quantitative estimate of drug-likeness (QED) is 0.460. The van der Waals surface area contributed by atoms with Gasteiger partial charge in [-0.1, -0.05) is 48.1 Å². The summed E-state index contributed by atoms with van der Waals surface area (Å²) in [7, 11) is 0. The zero-order chi connectivity index (χ0) is 17.6. The molecule has 1 aromatic heterocycles. The molecule has 1 fully saturated rings. The minimum Gasteiger partial charge on any atom is -0.481 e. The third-order valence-electron chi connectivity index (χ3n) is 3.44. The predicted octanol–water partition coefficient (Wildman–Crippen LogP) is 3.50. The van der Waals surface area contributed by atoms with E-state index >= 15 is 0 Å². The largest absolute Gasteiger partial charge is 0.481 e. The van der Waals surface area contributed by atoms with Gasteiger partial charge in [0.1, 0.15) is 16.7 Å². The van der Waals surface area contributed by atoms with E-state index in [0.717, 1.165) is 11.1 Å². The van der Waals surface area contributed by atoms with Crippen LogP contribution in [0.25, 0.3) is 6.08 Å². The molecular formula is C19H14N2O2S2. The first-order chi connectivity index (χ1) is 12.2. The van der Waals surface area contributed by atoms with Crippen molar-refractivity contribution in [1.29, 1.82) is 0 Å². The lowest BCUT2D eigenvalue weighted by molar-refractivity contribution is -0.122. The van der Waals surface area contributed by atoms with Gasteiger partial charge in [0.2, 0.25) is 0 Å². The van der Waals surface area contributed by atoms with Gasteiger partial charge in [-0.15, -0.1) is 6.42 Å². The Morgan fingerprint density at radius 3 is 2.80 bits per heavy atom. The topological polar surface area (TPSA) is 42.4 Å². The van der Waals surface area contributed by atoms with Crippen molar-refractivity contribution in [3.63, 3.8) is 0 Å². The number of ether oxygens (including phenoxy) is 1. The van der Waals surface area contributed by atoms with Crippen molar-refractivity contribution in [2.75, 3.05) is 6.61 Å². The number of thioether (sulfide) groups is 1. The average molecular weight is 366 g/mol. The summed E-state index contributed by atoms with van der Waals surface area (Å²) in [6.45, 7) is 0.654. The lowest BCUT2D eigenvalue weighted by atomic mass is 10.2. The number of aromatic nitrogens is 1. The molecule has 6 heteroatoms. The molecule has 1 amide bonds. The molecule has 0 N–H and O–H groups in total. The molecule has 25 heavy (non-hydrogen) atoms. The summed E-state index contributed by atoms with van der Waals surface area (Å²) in [6.07, 6.45) is 10.4.